The van der Waals surface area contributed by atoms with E-state index in [1.54, 1.807) is 6.20 Å². The Labute approximate surface area is 124 Å². The lowest BCUT2D eigenvalue weighted by Gasteiger charge is -2.19. The predicted octanol–water partition coefficient (Wildman–Crippen LogP) is 2.83. The normalized spacial score (nSPS) is 21.4. The van der Waals surface area contributed by atoms with Crippen LogP contribution in [0.25, 0.3) is 0 Å². The Bertz CT molecular complexity index is 606. The number of aryl methyl sites for hydroxylation is 1. The third-order valence-corrected chi connectivity index (χ3v) is 4.07. The number of carbonyl (C=O) groups is 1. The molecule has 1 aromatic carbocycles. The van der Waals surface area contributed by atoms with Gasteiger partial charge in [0.05, 0.1) is 11.7 Å². The molecule has 1 aliphatic rings. The first kappa shape index (κ1) is 13.9. The molecule has 0 bridgehead atoms. The van der Waals surface area contributed by atoms with Gasteiger partial charge in [-0.1, -0.05) is 30.3 Å². The van der Waals surface area contributed by atoms with Gasteiger partial charge < -0.3 is 15.0 Å². The molecule has 4 heteroatoms. The molecule has 0 aliphatic carbocycles. The highest BCUT2D eigenvalue weighted by Gasteiger charge is 2.29. The molecular weight excluding hydrogens is 264 g/mol. The second-order valence-electron chi connectivity index (χ2n) is 5.48. The van der Waals surface area contributed by atoms with E-state index < -0.39 is 0 Å². The Hall–Kier alpha value is -2.07. The molecule has 2 heterocycles. The Balaban J connectivity index is 1.62. The van der Waals surface area contributed by atoms with Crippen molar-refractivity contribution in [2.24, 2.45) is 5.92 Å². The number of carbonyl (C=O) groups excluding carboxylic acids is 1. The van der Waals surface area contributed by atoms with Crippen LogP contribution < -0.4 is 5.32 Å². The second-order valence-corrected chi connectivity index (χ2v) is 5.48. The fourth-order valence-electron chi connectivity index (χ4n) is 2.87. The number of hydrogen-bond acceptors (Lipinski definition) is 2. The third-order valence-electron chi connectivity index (χ3n) is 4.07. The summed E-state index contributed by atoms with van der Waals surface area (Å²) in [6.45, 7) is 3.30. The van der Waals surface area contributed by atoms with Crippen LogP contribution in [0.4, 0.5) is 0 Å². The molecule has 1 aliphatic heterocycles. The zero-order valence-corrected chi connectivity index (χ0v) is 12.1. The molecule has 1 saturated heterocycles. The lowest BCUT2D eigenvalue weighted by atomic mass is 9.95. The molecule has 110 valence electrons. The van der Waals surface area contributed by atoms with Gasteiger partial charge in [-0.3, -0.25) is 4.79 Å². The van der Waals surface area contributed by atoms with Gasteiger partial charge in [-0.15, -0.1) is 0 Å². The molecule has 2 atom stereocenters. The molecule has 0 radical (unpaired) electrons. The van der Waals surface area contributed by atoms with E-state index in [4.69, 9.17) is 4.74 Å². The van der Waals surface area contributed by atoms with Crippen LogP contribution in [-0.4, -0.2) is 24.0 Å². The minimum absolute atomic E-state index is 0.0209. The Kier molecular flexibility index (Phi) is 4.06. The number of rotatable bonds is 4. The minimum Gasteiger partial charge on any atom is -0.373 e. The standard InChI is InChI=1S/C17H20N2O2/c1-12-15(7-9-18-12)17(20)19-11-14-8-10-21-16(14)13-5-3-2-4-6-13/h2-7,9,14,16,18H,8,10-11H2,1H3,(H,19,20)/t14-,16-/m1/s1. The van der Waals surface area contributed by atoms with Gasteiger partial charge >= 0.3 is 0 Å². The van der Waals surface area contributed by atoms with Crippen molar-refractivity contribution in [1.82, 2.24) is 10.3 Å². The van der Waals surface area contributed by atoms with Crippen molar-refractivity contribution < 1.29 is 9.53 Å². The van der Waals surface area contributed by atoms with Gasteiger partial charge in [-0.05, 0) is 25.0 Å². The summed E-state index contributed by atoms with van der Waals surface area (Å²) in [5.41, 5.74) is 2.80. The first-order valence-corrected chi connectivity index (χ1v) is 7.34. The first-order chi connectivity index (χ1) is 10.3. The number of benzene rings is 1. The highest BCUT2D eigenvalue weighted by molar-refractivity contribution is 5.95. The Morgan fingerprint density at radius 1 is 1.33 bits per heavy atom. The lowest BCUT2D eigenvalue weighted by Crippen LogP contribution is -2.30. The summed E-state index contributed by atoms with van der Waals surface area (Å²) < 4.78 is 5.84. The zero-order valence-electron chi connectivity index (χ0n) is 12.1. The molecule has 21 heavy (non-hydrogen) atoms. The van der Waals surface area contributed by atoms with Crippen molar-refractivity contribution >= 4 is 5.91 Å². The van der Waals surface area contributed by atoms with Gasteiger partial charge in [0.15, 0.2) is 0 Å². The van der Waals surface area contributed by atoms with Crippen molar-refractivity contribution in [3.63, 3.8) is 0 Å². The number of nitrogens with one attached hydrogen (secondary N) is 2. The number of H-pyrrole nitrogens is 1. The van der Waals surface area contributed by atoms with Crippen LogP contribution in [0.5, 0.6) is 0 Å². The molecule has 2 N–H and O–H groups in total. The molecule has 1 fully saturated rings. The van der Waals surface area contributed by atoms with E-state index >= 15 is 0 Å². The van der Waals surface area contributed by atoms with E-state index in [-0.39, 0.29) is 12.0 Å². The van der Waals surface area contributed by atoms with Gasteiger partial charge in [0.1, 0.15) is 0 Å². The van der Waals surface area contributed by atoms with E-state index in [9.17, 15) is 4.79 Å². The van der Waals surface area contributed by atoms with Crippen LogP contribution in [0, 0.1) is 12.8 Å². The topological polar surface area (TPSA) is 54.1 Å². The summed E-state index contributed by atoms with van der Waals surface area (Å²) in [7, 11) is 0. The van der Waals surface area contributed by atoms with Gasteiger partial charge in [-0.2, -0.15) is 0 Å². The fourth-order valence-corrected chi connectivity index (χ4v) is 2.87. The summed E-state index contributed by atoms with van der Waals surface area (Å²) >= 11 is 0. The first-order valence-electron chi connectivity index (χ1n) is 7.34. The lowest BCUT2D eigenvalue weighted by molar-refractivity contribution is 0.0846. The van der Waals surface area contributed by atoms with Crippen LogP contribution in [0.15, 0.2) is 42.6 Å². The van der Waals surface area contributed by atoms with Crippen LogP contribution in [0.1, 0.15) is 34.1 Å². The monoisotopic (exact) mass is 284 g/mol. The summed E-state index contributed by atoms with van der Waals surface area (Å²) in [5, 5.41) is 3.03. The van der Waals surface area contributed by atoms with Crippen molar-refractivity contribution in [2.75, 3.05) is 13.2 Å². The van der Waals surface area contributed by atoms with Crippen molar-refractivity contribution in [3.05, 3.63) is 59.4 Å². The number of hydrogen-bond donors (Lipinski definition) is 2. The van der Waals surface area contributed by atoms with Crippen molar-refractivity contribution in [1.29, 1.82) is 0 Å². The fraction of sp³-hybridized carbons (Fsp3) is 0.353. The molecule has 2 aromatic rings. The second kappa shape index (κ2) is 6.14. The highest BCUT2D eigenvalue weighted by Crippen LogP contribution is 2.33. The maximum Gasteiger partial charge on any atom is 0.253 e. The van der Waals surface area contributed by atoms with Gasteiger partial charge in [0, 0.05) is 31.0 Å². The molecular formula is C17H20N2O2. The summed E-state index contributed by atoms with van der Waals surface area (Å²) in [5.74, 6) is 0.308. The summed E-state index contributed by atoms with van der Waals surface area (Å²) in [4.78, 5) is 15.2. The molecule has 4 nitrogen and oxygen atoms in total. The molecule has 3 rings (SSSR count). The minimum atomic E-state index is -0.0209. The van der Waals surface area contributed by atoms with E-state index in [1.807, 2.05) is 31.2 Å². The van der Waals surface area contributed by atoms with Gasteiger partial charge in [0.25, 0.3) is 5.91 Å². The smallest absolute Gasteiger partial charge is 0.253 e. The van der Waals surface area contributed by atoms with E-state index in [0.717, 1.165) is 18.7 Å². The Morgan fingerprint density at radius 3 is 2.86 bits per heavy atom. The molecule has 0 unspecified atom stereocenters. The molecule has 1 amide bonds. The van der Waals surface area contributed by atoms with Crippen LogP contribution in [0.3, 0.4) is 0 Å². The molecule has 0 spiro atoms. The van der Waals surface area contributed by atoms with Crippen molar-refractivity contribution in [2.45, 2.75) is 19.4 Å². The van der Waals surface area contributed by atoms with Crippen LogP contribution >= 0.6 is 0 Å². The highest BCUT2D eigenvalue weighted by atomic mass is 16.5. The van der Waals surface area contributed by atoms with E-state index in [0.29, 0.717) is 18.0 Å². The number of aromatic amines is 1. The molecule has 1 aromatic heterocycles. The summed E-state index contributed by atoms with van der Waals surface area (Å²) in [6, 6.07) is 12.0. The van der Waals surface area contributed by atoms with Crippen LogP contribution in [-0.2, 0) is 4.74 Å². The maximum absolute atomic E-state index is 12.2. The van der Waals surface area contributed by atoms with Crippen LogP contribution in [0.2, 0.25) is 0 Å². The van der Waals surface area contributed by atoms with Gasteiger partial charge in [0.2, 0.25) is 0 Å². The number of amides is 1. The maximum atomic E-state index is 12.2. The largest absolute Gasteiger partial charge is 0.373 e. The third kappa shape index (κ3) is 3.00. The van der Waals surface area contributed by atoms with E-state index in [2.05, 4.69) is 22.4 Å². The number of ether oxygens (including phenoxy) is 1. The average molecular weight is 284 g/mol. The number of aromatic nitrogens is 1. The Morgan fingerprint density at radius 2 is 2.14 bits per heavy atom. The van der Waals surface area contributed by atoms with Gasteiger partial charge in [-0.25, -0.2) is 0 Å². The van der Waals surface area contributed by atoms with Crippen molar-refractivity contribution in [3.8, 4) is 0 Å². The average Bonchev–Trinajstić information content (AvgIpc) is 3.14. The zero-order chi connectivity index (χ0) is 14.7. The van der Waals surface area contributed by atoms with E-state index in [1.165, 1.54) is 5.56 Å². The quantitative estimate of drug-likeness (QED) is 0.907. The predicted molar refractivity (Wildman–Crippen MR) is 81.1 cm³/mol. The SMILES string of the molecule is Cc1[nH]ccc1C(=O)NC[C@H]1CCO[C@@H]1c1ccccc1. The molecule has 0 saturated carbocycles. The summed E-state index contributed by atoms with van der Waals surface area (Å²) in [6.07, 6.45) is 2.85.